The molecule has 2 aliphatic rings. The smallest absolute Gasteiger partial charge is 0.242 e. The van der Waals surface area contributed by atoms with Gasteiger partial charge in [-0.2, -0.15) is 17.8 Å². The molecular weight excluding hydrogens is 488 g/mol. The number of nitrogens with zero attached hydrogens (tertiary/aromatic N) is 4. The lowest BCUT2D eigenvalue weighted by atomic mass is 9.91. The molecule has 0 radical (unpaired) electrons. The average Bonchev–Trinajstić information content (AvgIpc) is 2.87. The molecule has 0 spiro atoms. The van der Waals surface area contributed by atoms with E-state index in [1.54, 1.807) is 12.4 Å². The molecule has 9 nitrogen and oxygen atoms in total. The molecule has 0 unspecified atom stereocenters. The van der Waals surface area contributed by atoms with Gasteiger partial charge in [-0.1, -0.05) is 24.3 Å². The quantitative estimate of drug-likeness (QED) is 0.491. The lowest BCUT2D eigenvalue weighted by molar-refractivity contribution is -0.0252. The first-order valence-electron chi connectivity index (χ1n) is 11.5. The summed E-state index contributed by atoms with van der Waals surface area (Å²) in [7, 11) is -3.28. The summed E-state index contributed by atoms with van der Waals surface area (Å²) in [5, 5.41) is 0. The monoisotopic (exact) mass is 518 g/mol. The highest BCUT2D eigenvalue weighted by molar-refractivity contribution is 7.88. The molecule has 35 heavy (non-hydrogen) atoms. The predicted molar refractivity (Wildman–Crippen MR) is 138 cm³/mol. The first-order chi connectivity index (χ1) is 16.5. The van der Waals surface area contributed by atoms with Crippen LogP contribution in [-0.2, 0) is 19.5 Å². The lowest BCUT2D eigenvalue weighted by Crippen LogP contribution is -2.47. The molecule has 2 saturated heterocycles. The van der Waals surface area contributed by atoms with Gasteiger partial charge < -0.3 is 14.2 Å². The minimum atomic E-state index is -3.28. The van der Waals surface area contributed by atoms with Crippen LogP contribution in [0.4, 0.5) is 0 Å². The van der Waals surface area contributed by atoms with Gasteiger partial charge in [-0.05, 0) is 30.4 Å². The molecule has 188 valence electrons. The van der Waals surface area contributed by atoms with Gasteiger partial charge in [0.2, 0.25) is 15.9 Å². The van der Waals surface area contributed by atoms with E-state index in [0.717, 1.165) is 37.3 Å². The van der Waals surface area contributed by atoms with Crippen molar-refractivity contribution in [3.05, 3.63) is 48.3 Å². The Balaban J connectivity index is 0.00000289. The molecule has 2 aromatic heterocycles. The van der Waals surface area contributed by atoms with Gasteiger partial charge in [0.15, 0.2) is 5.52 Å². The Kier molecular flexibility index (Phi) is 8.23. The molecule has 3 aromatic rings. The zero-order chi connectivity index (χ0) is 23.5. The zero-order valence-corrected chi connectivity index (χ0v) is 21.4. The molecule has 0 bridgehead atoms. The Morgan fingerprint density at radius 2 is 1.83 bits per heavy atom. The number of hydrogen-bond acceptors (Lipinski definition) is 8. The standard InChI is InChI=1S/C24H28N4O5S.H2S/c1-34(29,30)28-10-13-32-20(15-28)16-33-24-23-22(25-8-9-26-23)14-21(27-24)19-4-2-17(3-5-19)18-6-11-31-12-7-18;/h2-5,8-9,14,18,20H,6-7,10-13,15-16H2,1H3;1H2/t20-;/m0./s1. The van der Waals surface area contributed by atoms with Crippen molar-refractivity contribution in [2.24, 2.45) is 0 Å². The van der Waals surface area contributed by atoms with Crippen LogP contribution in [0, 0.1) is 0 Å². The van der Waals surface area contributed by atoms with Gasteiger partial charge in [-0.25, -0.2) is 18.4 Å². The average molecular weight is 519 g/mol. The Labute approximate surface area is 212 Å². The molecule has 0 amide bonds. The molecular formula is C24H30N4O5S2. The maximum Gasteiger partial charge on any atom is 0.242 e. The number of rotatable bonds is 6. The molecule has 1 atom stereocenters. The number of sulfonamides is 1. The summed E-state index contributed by atoms with van der Waals surface area (Å²) in [4.78, 5) is 13.6. The van der Waals surface area contributed by atoms with Crippen molar-refractivity contribution >= 4 is 34.6 Å². The normalized spacial score (nSPS) is 19.9. The van der Waals surface area contributed by atoms with Crippen molar-refractivity contribution in [2.75, 3.05) is 45.8 Å². The van der Waals surface area contributed by atoms with Crippen LogP contribution >= 0.6 is 13.5 Å². The van der Waals surface area contributed by atoms with Crippen molar-refractivity contribution < 1.29 is 22.6 Å². The Hall–Kier alpha value is -2.31. The van der Waals surface area contributed by atoms with Crippen molar-refractivity contribution in [1.29, 1.82) is 0 Å². The van der Waals surface area contributed by atoms with Crippen LogP contribution in [0.3, 0.4) is 0 Å². The molecule has 0 saturated carbocycles. The third-order valence-corrected chi connectivity index (χ3v) is 7.57. The van der Waals surface area contributed by atoms with E-state index >= 15 is 0 Å². The van der Waals surface area contributed by atoms with Gasteiger partial charge in [-0.15, -0.1) is 0 Å². The van der Waals surface area contributed by atoms with Gasteiger partial charge >= 0.3 is 0 Å². The molecule has 2 fully saturated rings. The number of ether oxygens (including phenoxy) is 3. The van der Waals surface area contributed by atoms with Crippen LogP contribution in [0.25, 0.3) is 22.3 Å². The fourth-order valence-electron chi connectivity index (χ4n) is 4.42. The fraction of sp³-hybridized carbons (Fsp3) is 0.458. The van der Waals surface area contributed by atoms with E-state index in [1.807, 2.05) is 6.07 Å². The second kappa shape index (κ2) is 11.2. The third kappa shape index (κ3) is 6.10. The van der Waals surface area contributed by atoms with Gasteiger partial charge in [0.1, 0.15) is 12.7 Å². The number of hydrogen-bond donors (Lipinski definition) is 0. The Morgan fingerprint density at radius 3 is 2.57 bits per heavy atom. The number of pyridine rings is 1. The number of benzene rings is 1. The molecule has 1 aromatic carbocycles. The summed E-state index contributed by atoms with van der Waals surface area (Å²) >= 11 is 0. The maximum absolute atomic E-state index is 11.9. The molecule has 5 rings (SSSR count). The van der Waals surface area contributed by atoms with Crippen LogP contribution in [-0.4, -0.2) is 79.6 Å². The first kappa shape index (κ1) is 25.8. The highest BCUT2D eigenvalue weighted by atomic mass is 32.2. The van der Waals surface area contributed by atoms with Crippen LogP contribution in [0.1, 0.15) is 24.3 Å². The van der Waals surface area contributed by atoms with Crippen molar-refractivity contribution in [3.8, 4) is 17.1 Å². The van der Waals surface area contributed by atoms with E-state index in [0.29, 0.717) is 36.0 Å². The summed E-state index contributed by atoms with van der Waals surface area (Å²) in [6.45, 7) is 2.71. The van der Waals surface area contributed by atoms with Crippen molar-refractivity contribution in [2.45, 2.75) is 24.9 Å². The third-order valence-electron chi connectivity index (χ3n) is 6.30. The minimum Gasteiger partial charge on any atom is -0.473 e. The summed E-state index contributed by atoms with van der Waals surface area (Å²) in [6, 6.07) is 10.4. The minimum absolute atomic E-state index is 0. The van der Waals surface area contributed by atoms with Crippen molar-refractivity contribution in [3.63, 3.8) is 0 Å². The summed E-state index contributed by atoms with van der Waals surface area (Å²) in [5.41, 5.74) is 4.25. The van der Waals surface area contributed by atoms with Crippen molar-refractivity contribution in [1.82, 2.24) is 19.3 Å². The van der Waals surface area contributed by atoms with Gasteiger partial charge in [0, 0.05) is 44.3 Å². The second-order valence-electron chi connectivity index (χ2n) is 8.67. The zero-order valence-electron chi connectivity index (χ0n) is 19.6. The topological polar surface area (TPSA) is 104 Å². The first-order valence-corrected chi connectivity index (χ1v) is 13.3. The van der Waals surface area contributed by atoms with Gasteiger partial charge in [-0.3, -0.25) is 4.98 Å². The SMILES string of the molecule is CS(=O)(=O)N1CCO[C@H](COc2nc(-c3ccc(C4CCOCC4)cc3)cc3nccnc23)C1.S. The fourth-order valence-corrected chi connectivity index (χ4v) is 5.26. The molecule has 0 aliphatic carbocycles. The van der Waals surface area contributed by atoms with Crippen LogP contribution in [0.5, 0.6) is 5.88 Å². The van der Waals surface area contributed by atoms with E-state index in [9.17, 15) is 8.42 Å². The molecule has 2 aliphatic heterocycles. The summed E-state index contributed by atoms with van der Waals surface area (Å²) in [5.74, 6) is 0.883. The van der Waals surface area contributed by atoms with E-state index in [4.69, 9.17) is 19.2 Å². The van der Waals surface area contributed by atoms with E-state index in [2.05, 4.69) is 34.2 Å². The number of morpholine rings is 1. The number of aromatic nitrogens is 3. The van der Waals surface area contributed by atoms with Gasteiger partial charge in [0.05, 0.1) is 24.1 Å². The highest BCUT2D eigenvalue weighted by Gasteiger charge is 2.27. The second-order valence-corrected chi connectivity index (χ2v) is 10.7. The summed E-state index contributed by atoms with van der Waals surface area (Å²) < 4.78 is 42.4. The lowest BCUT2D eigenvalue weighted by Gasteiger charge is -2.30. The van der Waals surface area contributed by atoms with E-state index in [-0.39, 0.29) is 32.8 Å². The maximum atomic E-state index is 11.9. The Bertz CT molecular complexity index is 1250. The van der Waals surface area contributed by atoms with Crippen LogP contribution < -0.4 is 4.74 Å². The predicted octanol–water partition coefficient (Wildman–Crippen LogP) is 2.74. The van der Waals surface area contributed by atoms with Crippen LogP contribution in [0.2, 0.25) is 0 Å². The highest BCUT2D eigenvalue weighted by Crippen LogP contribution is 2.31. The van der Waals surface area contributed by atoms with E-state index < -0.39 is 10.0 Å². The van der Waals surface area contributed by atoms with Gasteiger partial charge in [0.25, 0.3) is 0 Å². The molecule has 0 N–H and O–H groups in total. The number of fused-ring (bicyclic) bond motifs is 1. The molecule has 11 heteroatoms. The van der Waals surface area contributed by atoms with E-state index in [1.165, 1.54) is 16.1 Å². The largest absolute Gasteiger partial charge is 0.473 e. The van der Waals surface area contributed by atoms with Crippen LogP contribution in [0.15, 0.2) is 42.7 Å². The molecule has 4 heterocycles. The Morgan fingerprint density at radius 1 is 1.09 bits per heavy atom. The summed E-state index contributed by atoms with van der Waals surface area (Å²) in [6.07, 6.45) is 6.14.